The van der Waals surface area contributed by atoms with Gasteiger partial charge in [0.1, 0.15) is 15.5 Å². The average molecular weight is 393 g/mol. The number of ketones is 1. The first kappa shape index (κ1) is 19.3. The molecular weight excluding hydrogens is 374 g/mol. The van der Waals surface area contributed by atoms with E-state index in [2.05, 4.69) is 23.5 Å². The number of aromatic nitrogens is 1. The lowest BCUT2D eigenvalue weighted by molar-refractivity contribution is -0.113. The van der Waals surface area contributed by atoms with Gasteiger partial charge >= 0.3 is 0 Å². The van der Waals surface area contributed by atoms with Crippen LogP contribution in [0.3, 0.4) is 0 Å². The van der Waals surface area contributed by atoms with E-state index in [1.165, 1.54) is 30.4 Å². The van der Waals surface area contributed by atoms with Crippen LogP contribution >= 0.6 is 11.3 Å². The lowest BCUT2D eigenvalue weighted by Gasteiger charge is -2.04. The Morgan fingerprint density at radius 3 is 2.68 bits per heavy atom. The van der Waals surface area contributed by atoms with Gasteiger partial charge in [0, 0.05) is 28.1 Å². The molecule has 0 aliphatic heterocycles. The number of amides is 1. The van der Waals surface area contributed by atoms with Crippen molar-refractivity contribution in [1.29, 1.82) is 0 Å². The number of hydrogen-bond donors (Lipinski definition) is 2. The van der Waals surface area contributed by atoms with E-state index in [9.17, 15) is 9.59 Å². The molecule has 28 heavy (non-hydrogen) atoms. The van der Waals surface area contributed by atoms with Crippen LogP contribution in [-0.4, -0.2) is 23.8 Å². The third-order valence-corrected chi connectivity index (χ3v) is 5.26. The average Bonchev–Trinajstić information content (AvgIpc) is 2.99. The number of nitrogens with zero attached hydrogens (tertiary/aromatic N) is 1. The van der Waals surface area contributed by atoms with E-state index in [1.807, 2.05) is 24.3 Å². The molecule has 0 atom stereocenters. The lowest BCUT2D eigenvalue weighted by Crippen LogP contribution is -2.21. The SMILES string of the molecule is C=C(/C=C\C(=C)C(C)=O)NC(=O)c1sc2nc3cc(OC)ccc3cc2c1N. The molecule has 3 aromatic rings. The largest absolute Gasteiger partial charge is 0.497 e. The summed E-state index contributed by atoms with van der Waals surface area (Å²) in [7, 11) is 1.60. The molecule has 1 aromatic carbocycles. The summed E-state index contributed by atoms with van der Waals surface area (Å²) in [5, 5.41) is 4.29. The van der Waals surface area contributed by atoms with Crippen molar-refractivity contribution in [2.75, 3.05) is 12.8 Å². The van der Waals surface area contributed by atoms with Crippen molar-refractivity contribution in [2.45, 2.75) is 6.92 Å². The van der Waals surface area contributed by atoms with E-state index < -0.39 is 0 Å². The molecule has 6 nitrogen and oxygen atoms in total. The number of allylic oxidation sites excluding steroid dienone is 3. The molecule has 0 saturated heterocycles. The number of nitrogens with one attached hydrogen (secondary N) is 1. The zero-order valence-electron chi connectivity index (χ0n) is 15.5. The molecule has 2 heterocycles. The van der Waals surface area contributed by atoms with Crippen LogP contribution in [-0.2, 0) is 4.79 Å². The number of thiophene rings is 1. The predicted molar refractivity (Wildman–Crippen MR) is 114 cm³/mol. The summed E-state index contributed by atoms with van der Waals surface area (Å²) < 4.78 is 5.23. The summed E-state index contributed by atoms with van der Waals surface area (Å²) in [6.45, 7) is 8.80. The third kappa shape index (κ3) is 3.79. The van der Waals surface area contributed by atoms with Gasteiger partial charge < -0.3 is 15.8 Å². The van der Waals surface area contributed by atoms with Crippen LogP contribution in [0.5, 0.6) is 5.75 Å². The minimum absolute atomic E-state index is 0.154. The maximum Gasteiger partial charge on any atom is 0.267 e. The van der Waals surface area contributed by atoms with Crippen molar-refractivity contribution < 1.29 is 14.3 Å². The number of rotatable bonds is 6. The third-order valence-electron chi connectivity index (χ3n) is 4.14. The first-order valence-electron chi connectivity index (χ1n) is 8.35. The van der Waals surface area contributed by atoms with Crippen molar-refractivity contribution in [1.82, 2.24) is 10.3 Å². The smallest absolute Gasteiger partial charge is 0.267 e. The van der Waals surface area contributed by atoms with Gasteiger partial charge in [-0.25, -0.2) is 4.98 Å². The van der Waals surface area contributed by atoms with Crippen LogP contribution in [0.4, 0.5) is 5.69 Å². The first-order chi connectivity index (χ1) is 13.3. The Kier molecular flexibility index (Phi) is 5.28. The molecule has 0 bridgehead atoms. The molecule has 7 heteroatoms. The molecular formula is C21H19N3O3S. The monoisotopic (exact) mass is 393 g/mol. The first-order valence-corrected chi connectivity index (χ1v) is 9.16. The van der Waals surface area contributed by atoms with Crippen LogP contribution in [0.2, 0.25) is 0 Å². The predicted octanol–water partition coefficient (Wildman–Crippen LogP) is 3.99. The Hall–Kier alpha value is -3.45. The minimum atomic E-state index is -0.384. The van der Waals surface area contributed by atoms with Crippen LogP contribution in [0.1, 0.15) is 16.6 Å². The van der Waals surface area contributed by atoms with E-state index in [1.54, 1.807) is 7.11 Å². The molecule has 0 aliphatic rings. The molecule has 3 N–H and O–H groups in total. The van der Waals surface area contributed by atoms with Crippen molar-refractivity contribution in [2.24, 2.45) is 0 Å². The van der Waals surface area contributed by atoms with Gasteiger partial charge in [0.05, 0.1) is 18.3 Å². The van der Waals surface area contributed by atoms with Crippen molar-refractivity contribution in [3.05, 3.63) is 65.7 Å². The number of Topliss-reactive ketones (excluding diaryl/α,β-unsaturated/α-hetero) is 1. The Bertz CT molecular complexity index is 1170. The van der Waals surface area contributed by atoms with Crippen LogP contribution < -0.4 is 15.8 Å². The summed E-state index contributed by atoms with van der Waals surface area (Å²) in [4.78, 5) is 29.4. The molecule has 142 valence electrons. The minimum Gasteiger partial charge on any atom is -0.497 e. The molecule has 0 spiro atoms. The summed E-state index contributed by atoms with van der Waals surface area (Å²) in [6, 6.07) is 7.48. The Morgan fingerprint density at radius 1 is 1.25 bits per heavy atom. The van der Waals surface area contributed by atoms with Gasteiger partial charge in [-0.05, 0) is 37.3 Å². The topological polar surface area (TPSA) is 94.3 Å². The van der Waals surface area contributed by atoms with Gasteiger partial charge in [0.25, 0.3) is 5.91 Å². The highest BCUT2D eigenvalue weighted by atomic mass is 32.1. The zero-order chi connectivity index (χ0) is 20.4. The fourth-order valence-electron chi connectivity index (χ4n) is 2.53. The molecule has 0 radical (unpaired) electrons. The summed E-state index contributed by atoms with van der Waals surface area (Å²) in [5.74, 6) is 0.168. The molecule has 0 unspecified atom stereocenters. The second kappa shape index (κ2) is 7.66. The Balaban J connectivity index is 1.90. The van der Waals surface area contributed by atoms with Gasteiger partial charge in [0.2, 0.25) is 0 Å². The van der Waals surface area contributed by atoms with E-state index in [0.29, 0.717) is 32.4 Å². The summed E-state index contributed by atoms with van der Waals surface area (Å²) in [6.07, 6.45) is 3.02. The maximum absolute atomic E-state index is 12.6. The second-order valence-electron chi connectivity index (χ2n) is 6.14. The summed E-state index contributed by atoms with van der Waals surface area (Å²) in [5.41, 5.74) is 7.98. The van der Waals surface area contributed by atoms with E-state index in [4.69, 9.17) is 10.5 Å². The summed E-state index contributed by atoms with van der Waals surface area (Å²) >= 11 is 1.21. The van der Waals surface area contributed by atoms with Gasteiger partial charge in [0.15, 0.2) is 5.78 Å². The number of nitrogen functional groups attached to an aromatic ring is 1. The molecule has 2 aromatic heterocycles. The second-order valence-corrected chi connectivity index (χ2v) is 7.14. The maximum atomic E-state index is 12.6. The van der Waals surface area contributed by atoms with E-state index in [-0.39, 0.29) is 11.7 Å². The molecule has 3 rings (SSSR count). The number of nitrogens with two attached hydrogens (primary N) is 1. The molecule has 1 amide bonds. The number of ether oxygens (including phenoxy) is 1. The molecule has 0 fully saturated rings. The fourth-order valence-corrected chi connectivity index (χ4v) is 3.51. The van der Waals surface area contributed by atoms with Gasteiger partial charge in [-0.2, -0.15) is 0 Å². The standard InChI is InChI=1S/C21H19N3O3S/c1-11(13(3)25)5-6-12(2)23-20(26)19-18(22)16-9-14-7-8-15(27-4)10-17(14)24-21(16)28-19/h5-10H,1-2,22H2,3-4H3,(H,23,26)/b6-5-. The van der Waals surface area contributed by atoms with Crippen molar-refractivity contribution >= 4 is 49.8 Å². The van der Waals surface area contributed by atoms with Gasteiger partial charge in [-0.15, -0.1) is 11.3 Å². The number of anilines is 1. The molecule has 0 saturated carbocycles. The van der Waals surface area contributed by atoms with Crippen LogP contribution in [0.15, 0.2) is 60.8 Å². The lowest BCUT2D eigenvalue weighted by atomic mass is 10.1. The number of hydrogen-bond acceptors (Lipinski definition) is 6. The van der Waals surface area contributed by atoms with Crippen LogP contribution in [0, 0.1) is 0 Å². The highest BCUT2D eigenvalue weighted by Gasteiger charge is 2.18. The number of pyridine rings is 1. The highest BCUT2D eigenvalue weighted by molar-refractivity contribution is 7.21. The zero-order valence-corrected chi connectivity index (χ0v) is 16.4. The number of fused-ring (bicyclic) bond motifs is 2. The number of carbonyl (C=O) groups is 2. The highest BCUT2D eigenvalue weighted by Crippen LogP contribution is 2.35. The Labute approximate surface area is 166 Å². The van der Waals surface area contributed by atoms with Crippen LogP contribution in [0.25, 0.3) is 21.1 Å². The quantitative estimate of drug-likeness (QED) is 0.488. The number of methoxy groups -OCH3 is 1. The van der Waals surface area contributed by atoms with Crippen molar-refractivity contribution in [3.8, 4) is 5.75 Å². The fraction of sp³-hybridized carbons (Fsp3) is 0.0952. The molecule has 0 aliphatic carbocycles. The normalized spacial score (nSPS) is 11.1. The number of carbonyl (C=O) groups excluding carboxylic acids is 2. The van der Waals surface area contributed by atoms with E-state index in [0.717, 1.165) is 16.3 Å². The van der Waals surface area contributed by atoms with Crippen molar-refractivity contribution in [3.63, 3.8) is 0 Å². The Morgan fingerprint density at radius 2 is 2.00 bits per heavy atom. The van der Waals surface area contributed by atoms with E-state index >= 15 is 0 Å². The van der Waals surface area contributed by atoms with Gasteiger partial charge in [-0.1, -0.05) is 13.2 Å². The number of benzene rings is 1. The van der Waals surface area contributed by atoms with Gasteiger partial charge in [-0.3, -0.25) is 9.59 Å².